The van der Waals surface area contributed by atoms with Gasteiger partial charge in [0.2, 0.25) is 0 Å². The highest BCUT2D eigenvalue weighted by molar-refractivity contribution is 7.85. The summed E-state index contributed by atoms with van der Waals surface area (Å²) in [5.74, 6) is 0. The lowest BCUT2D eigenvalue weighted by Gasteiger charge is -2.07. The van der Waals surface area contributed by atoms with Crippen molar-refractivity contribution in [2.24, 2.45) is 0 Å². The largest absolute Gasteiger partial charge is 0.294 e. The Labute approximate surface area is 148 Å². The van der Waals surface area contributed by atoms with E-state index in [2.05, 4.69) is 6.92 Å². The van der Waals surface area contributed by atoms with Gasteiger partial charge in [0.25, 0.3) is 10.1 Å². The van der Waals surface area contributed by atoms with Crippen molar-refractivity contribution in [2.75, 3.05) is 0 Å². The van der Waals surface area contributed by atoms with Crippen molar-refractivity contribution in [2.45, 2.75) is 95.3 Å². The van der Waals surface area contributed by atoms with E-state index in [1.807, 2.05) is 6.07 Å². The third-order valence-electron chi connectivity index (χ3n) is 4.55. The Morgan fingerprint density at radius 3 is 1.71 bits per heavy atom. The zero-order valence-corrected chi connectivity index (χ0v) is 16.0. The molecular weight excluding hydrogens is 320 g/mol. The molecule has 1 rings (SSSR count). The predicted molar refractivity (Wildman–Crippen MR) is 101 cm³/mol. The van der Waals surface area contributed by atoms with Gasteiger partial charge >= 0.3 is 0 Å². The highest BCUT2D eigenvalue weighted by Gasteiger charge is 2.13. The molecule has 4 heteroatoms. The van der Waals surface area contributed by atoms with Crippen molar-refractivity contribution < 1.29 is 13.0 Å². The second-order valence-corrected chi connectivity index (χ2v) is 8.11. The van der Waals surface area contributed by atoms with Crippen molar-refractivity contribution in [3.8, 4) is 0 Å². The molecule has 0 heterocycles. The summed E-state index contributed by atoms with van der Waals surface area (Å²) in [5, 5.41) is 0. The van der Waals surface area contributed by atoms with E-state index in [1.165, 1.54) is 70.3 Å². The Morgan fingerprint density at radius 1 is 0.750 bits per heavy atom. The summed E-state index contributed by atoms with van der Waals surface area (Å²) in [6, 6.07) is 6.74. The summed E-state index contributed by atoms with van der Waals surface area (Å²) in [4.78, 5) is 0.0630. The highest BCUT2D eigenvalue weighted by Crippen LogP contribution is 2.18. The molecule has 0 atom stereocenters. The summed E-state index contributed by atoms with van der Waals surface area (Å²) in [7, 11) is -4.10. The average molecular weight is 355 g/mol. The van der Waals surface area contributed by atoms with E-state index in [-0.39, 0.29) is 4.90 Å². The summed E-state index contributed by atoms with van der Waals surface area (Å²) in [5.41, 5.74) is 0.729. The quantitative estimate of drug-likeness (QED) is 0.321. The van der Waals surface area contributed by atoms with Crippen LogP contribution in [-0.4, -0.2) is 13.0 Å². The van der Waals surface area contributed by atoms with Gasteiger partial charge in [-0.1, -0.05) is 95.8 Å². The minimum atomic E-state index is -4.10. The number of unbranched alkanes of at least 4 members (excludes halogenated alkanes) is 11. The van der Waals surface area contributed by atoms with Crippen LogP contribution in [0.4, 0.5) is 0 Å². The first-order valence-electron chi connectivity index (χ1n) is 9.61. The van der Waals surface area contributed by atoms with Gasteiger partial charge in [0, 0.05) is 0 Å². The van der Waals surface area contributed by atoms with Crippen molar-refractivity contribution in [3.05, 3.63) is 29.8 Å². The number of aryl methyl sites for hydroxylation is 1. The molecule has 0 fully saturated rings. The van der Waals surface area contributed by atoms with Gasteiger partial charge in [-0.05, 0) is 24.5 Å². The summed E-state index contributed by atoms with van der Waals surface area (Å²) in [6.07, 6.45) is 16.2. The molecule has 0 aliphatic rings. The first-order valence-corrected chi connectivity index (χ1v) is 11.0. The van der Waals surface area contributed by atoms with Crippen LogP contribution in [0.15, 0.2) is 29.2 Å². The van der Waals surface area contributed by atoms with Gasteiger partial charge in [0.1, 0.15) is 0 Å². The second-order valence-electron chi connectivity index (χ2n) is 6.72. The van der Waals surface area contributed by atoms with Crippen molar-refractivity contribution in [1.29, 1.82) is 0 Å². The van der Waals surface area contributed by atoms with Gasteiger partial charge in [0.15, 0.2) is 0 Å². The standard InChI is InChI=1S/C20H34O3S/c1-2-3-4-5-6-7-8-9-10-11-12-13-16-19-17-14-15-18-20(19)24(21,22)23/h14-15,17-18H,2-13,16H2,1H3,(H,21,22,23). The van der Waals surface area contributed by atoms with E-state index in [0.717, 1.165) is 18.4 Å². The first-order chi connectivity index (χ1) is 11.6. The van der Waals surface area contributed by atoms with Crippen molar-refractivity contribution >= 4 is 10.1 Å². The Balaban J connectivity index is 2.05. The van der Waals surface area contributed by atoms with Crippen molar-refractivity contribution in [3.63, 3.8) is 0 Å². The van der Waals surface area contributed by atoms with Crippen LogP contribution >= 0.6 is 0 Å². The Bertz CT molecular complexity index is 538. The highest BCUT2D eigenvalue weighted by atomic mass is 32.2. The van der Waals surface area contributed by atoms with E-state index in [1.54, 1.807) is 12.1 Å². The van der Waals surface area contributed by atoms with E-state index >= 15 is 0 Å². The lowest BCUT2D eigenvalue weighted by Crippen LogP contribution is -2.03. The molecule has 0 radical (unpaired) electrons. The maximum Gasteiger partial charge on any atom is 0.294 e. The fourth-order valence-electron chi connectivity index (χ4n) is 3.12. The van der Waals surface area contributed by atoms with Gasteiger partial charge in [-0.2, -0.15) is 8.42 Å². The van der Waals surface area contributed by atoms with Crippen LogP contribution < -0.4 is 0 Å². The minimum Gasteiger partial charge on any atom is -0.282 e. The maximum absolute atomic E-state index is 11.3. The van der Waals surface area contributed by atoms with E-state index in [4.69, 9.17) is 0 Å². The molecule has 1 aromatic rings. The fourth-order valence-corrected chi connectivity index (χ4v) is 3.87. The van der Waals surface area contributed by atoms with E-state index in [0.29, 0.717) is 6.42 Å². The Hall–Kier alpha value is -0.870. The van der Waals surface area contributed by atoms with Crippen LogP contribution in [0.25, 0.3) is 0 Å². The predicted octanol–water partition coefficient (Wildman–Crippen LogP) is 6.18. The lowest BCUT2D eigenvalue weighted by atomic mass is 10.0. The summed E-state index contributed by atoms with van der Waals surface area (Å²) < 4.78 is 31.9. The molecule has 0 saturated carbocycles. The summed E-state index contributed by atoms with van der Waals surface area (Å²) in [6.45, 7) is 2.25. The number of hydrogen-bond donors (Lipinski definition) is 1. The molecule has 0 saturated heterocycles. The Kier molecular flexibility index (Phi) is 11.0. The molecule has 3 nitrogen and oxygen atoms in total. The molecule has 0 amide bonds. The Morgan fingerprint density at radius 2 is 1.21 bits per heavy atom. The van der Waals surface area contributed by atoms with Gasteiger partial charge in [-0.3, -0.25) is 4.55 Å². The fraction of sp³-hybridized carbons (Fsp3) is 0.700. The molecule has 1 N–H and O–H groups in total. The molecule has 24 heavy (non-hydrogen) atoms. The molecule has 0 aromatic heterocycles. The van der Waals surface area contributed by atoms with Crippen LogP contribution in [0, 0.1) is 0 Å². The number of hydrogen-bond acceptors (Lipinski definition) is 2. The zero-order chi connectivity index (χ0) is 17.7. The SMILES string of the molecule is CCCCCCCCCCCCCCc1ccccc1S(=O)(=O)O. The van der Waals surface area contributed by atoms with E-state index in [9.17, 15) is 13.0 Å². The van der Waals surface area contributed by atoms with Crippen LogP contribution in [-0.2, 0) is 16.5 Å². The smallest absolute Gasteiger partial charge is 0.282 e. The zero-order valence-electron chi connectivity index (χ0n) is 15.2. The minimum absolute atomic E-state index is 0.0630. The molecule has 0 spiro atoms. The van der Waals surface area contributed by atoms with Crippen molar-refractivity contribution in [1.82, 2.24) is 0 Å². The monoisotopic (exact) mass is 354 g/mol. The number of rotatable bonds is 14. The third-order valence-corrected chi connectivity index (χ3v) is 5.50. The summed E-state index contributed by atoms with van der Waals surface area (Å²) >= 11 is 0. The molecule has 0 aliphatic carbocycles. The van der Waals surface area contributed by atoms with E-state index < -0.39 is 10.1 Å². The van der Waals surface area contributed by atoms with Gasteiger partial charge in [-0.15, -0.1) is 0 Å². The normalized spacial score (nSPS) is 11.8. The van der Waals surface area contributed by atoms with Gasteiger partial charge in [0.05, 0.1) is 4.90 Å². The van der Waals surface area contributed by atoms with Gasteiger partial charge in [-0.25, -0.2) is 0 Å². The first kappa shape index (κ1) is 21.2. The molecular formula is C20H34O3S. The van der Waals surface area contributed by atoms with Crippen LogP contribution in [0.2, 0.25) is 0 Å². The average Bonchev–Trinajstić information content (AvgIpc) is 2.55. The number of benzene rings is 1. The topological polar surface area (TPSA) is 54.4 Å². The van der Waals surface area contributed by atoms with Crippen LogP contribution in [0.3, 0.4) is 0 Å². The molecule has 0 aliphatic heterocycles. The third kappa shape index (κ3) is 9.43. The molecule has 1 aromatic carbocycles. The molecule has 138 valence electrons. The molecule has 0 bridgehead atoms. The van der Waals surface area contributed by atoms with Crippen LogP contribution in [0.5, 0.6) is 0 Å². The lowest BCUT2D eigenvalue weighted by molar-refractivity contribution is 0.481. The second kappa shape index (κ2) is 12.5. The maximum atomic E-state index is 11.3. The molecule has 0 unspecified atom stereocenters. The van der Waals surface area contributed by atoms with Gasteiger partial charge < -0.3 is 0 Å². The van der Waals surface area contributed by atoms with Crippen LogP contribution in [0.1, 0.15) is 89.5 Å².